The Morgan fingerprint density at radius 3 is 2.71 bits per heavy atom. The number of rotatable bonds is 4. The van der Waals surface area contributed by atoms with Gasteiger partial charge in [0.2, 0.25) is 5.95 Å². The van der Waals surface area contributed by atoms with Crippen molar-refractivity contribution in [3.8, 4) is 12.0 Å². The quantitative estimate of drug-likeness (QED) is 0.411. The van der Waals surface area contributed by atoms with Gasteiger partial charge in [-0.1, -0.05) is 0 Å². The van der Waals surface area contributed by atoms with Crippen LogP contribution in [-0.2, 0) is 11.3 Å². The molecule has 4 aromatic heterocycles. The van der Waals surface area contributed by atoms with E-state index in [4.69, 9.17) is 9.72 Å². The van der Waals surface area contributed by atoms with Gasteiger partial charge in [-0.05, 0) is 48.7 Å². The number of hydrogen-bond acceptors (Lipinski definition) is 7. The van der Waals surface area contributed by atoms with Crippen LogP contribution in [0.25, 0.3) is 28.1 Å². The molecule has 5 aromatic rings. The molecule has 5 heterocycles. The molecule has 0 amide bonds. The molecule has 34 heavy (non-hydrogen) atoms. The summed E-state index contributed by atoms with van der Waals surface area (Å²) in [5.41, 5.74) is 4.09. The fourth-order valence-corrected chi connectivity index (χ4v) is 4.50. The zero-order valence-electron chi connectivity index (χ0n) is 18.2. The Morgan fingerprint density at radius 1 is 1.09 bits per heavy atom. The topological polar surface area (TPSA) is 116 Å². The molecule has 6 rings (SSSR count). The molecule has 0 spiro atoms. The van der Waals surface area contributed by atoms with Crippen molar-refractivity contribution in [1.82, 2.24) is 33.6 Å². The van der Waals surface area contributed by atoms with Crippen molar-refractivity contribution in [1.29, 1.82) is 5.26 Å². The average molecular weight is 452 g/mol. The Hall–Kier alpha value is -4.36. The van der Waals surface area contributed by atoms with E-state index < -0.39 is 0 Å². The van der Waals surface area contributed by atoms with Crippen molar-refractivity contribution in [2.45, 2.75) is 25.4 Å². The molecule has 0 N–H and O–H groups in total. The van der Waals surface area contributed by atoms with Gasteiger partial charge < -0.3 is 4.74 Å². The van der Waals surface area contributed by atoms with Crippen LogP contribution in [0.4, 0.5) is 0 Å². The summed E-state index contributed by atoms with van der Waals surface area (Å²) in [6, 6.07) is 11.2. The number of fused-ring (bicyclic) bond motifs is 2. The van der Waals surface area contributed by atoms with Crippen LogP contribution in [-0.4, -0.2) is 46.9 Å². The fourth-order valence-electron chi connectivity index (χ4n) is 4.50. The van der Waals surface area contributed by atoms with E-state index in [1.807, 2.05) is 12.1 Å². The van der Waals surface area contributed by atoms with E-state index in [1.165, 1.54) is 0 Å². The lowest BCUT2D eigenvalue weighted by atomic mass is 10.1. The molecular weight excluding hydrogens is 432 g/mol. The van der Waals surface area contributed by atoms with Gasteiger partial charge >= 0.3 is 5.69 Å². The minimum absolute atomic E-state index is 0.00471. The molecule has 0 radical (unpaired) electrons. The van der Waals surface area contributed by atoms with E-state index in [2.05, 4.69) is 21.0 Å². The second-order valence-corrected chi connectivity index (χ2v) is 8.25. The van der Waals surface area contributed by atoms with Crippen LogP contribution in [0.3, 0.4) is 0 Å². The highest BCUT2D eigenvalue weighted by atomic mass is 16.5. The number of aromatic nitrogens is 7. The Balaban J connectivity index is 1.54. The number of pyridine rings is 1. The first-order valence-corrected chi connectivity index (χ1v) is 11.0. The Bertz CT molecular complexity index is 1600. The smallest absolute Gasteiger partial charge is 0.330 e. The summed E-state index contributed by atoms with van der Waals surface area (Å²) in [5, 5.41) is 9.31. The third-order valence-corrected chi connectivity index (χ3v) is 6.23. The summed E-state index contributed by atoms with van der Waals surface area (Å²) in [7, 11) is 0. The number of nitriles is 1. The minimum Gasteiger partial charge on any atom is -0.381 e. The summed E-state index contributed by atoms with van der Waals surface area (Å²) in [4.78, 5) is 31.5. The summed E-state index contributed by atoms with van der Waals surface area (Å²) in [5.74, 6) is 0.395. The fraction of sp³-hybridized carbons (Fsp3) is 0.250. The van der Waals surface area contributed by atoms with Gasteiger partial charge in [-0.15, -0.1) is 0 Å². The first-order valence-electron chi connectivity index (χ1n) is 11.0. The lowest BCUT2D eigenvalue weighted by molar-refractivity contribution is 0.0695. The maximum absolute atomic E-state index is 13.6. The van der Waals surface area contributed by atoms with Crippen LogP contribution < -0.4 is 5.69 Å². The highest BCUT2D eigenvalue weighted by molar-refractivity contribution is 5.79. The first-order chi connectivity index (χ1) is 16.7. The van der Waals surface area contributed by atoms with E-state index in [1.54, 1.807) is 56.8 Å². The monoisotopic (exact) mass is 452 g/mol. The molecule has 0 saturated carbocycles. The zero-order valence-corrected chi connectivity index (χ0v) is 18.2. The van der Waals surface area contributed by atoms with Crippen LogP contribution in [0.2, 0.25) is 0 Å². The van der Waals surface area contributed by atoms with Gasteiger partial charge in [0.1, 0.15) is 11.8 Å². The molecule has 0 aliphatic carbocycles. The van der Waals surface area contributed by atoms with Gasteiger partial charge in [-0.2, -0.15) is 10.2 Å². The predicted molar refractivity (Wildman–Crippen MR) is 124 cm³/mol. The van der Waals surface area contributed by atoms with E-state index in [9.17, 15) is 10.1 Å². The van der Waals surface area contributed by atoms with Crippen molar-refractivity contribution in [2.24, 2.45) is 0 Å². The van der Waals surface area contributed by atoms with Gasteiger partial charge in [0.25, 0.3) is 0 Å². The average Bonchev–Trinajstić information content (AvgIpc) is 3.43. The van der Waals surface area contributed by atoms with Crippen molar-refractivity contribution < 1.29 is 4.74 Å². The standard InChI is InChI=1S/C24H20N8O2/c25-12-17-1-2-19-20(11-17)31(15-28-19)23-27-13-21-22(29-23)32(18-5-9-34-10-6-18)24(33)30(21)14-16-3-7-26-8-4-16/h1-4,7-8,11,13,15,18H,5-6,9-10,14H2. The molecule has 1 aliphatic rings. The number of nitrogens with zero attached hydrogens (tertiary/aromatic N) is 8. The molecule has 168 valence electrons. The summed E-state index contributed by atoms with van der Waals surface area (Å²) >= 11 is 0. The maximum atomic E-state index is 13.6. The Kier molecular flexibility index (Phi) is 4.89. The van der Waals surface area contributed by atoms with Crippen LogP contribution in [0, 0.1) is 11.3 Å². The maximum Gasteiger partial charge on any atom is 0.330 e. The molecule has 1 aromatic carbocycles. The third kappa shape index (κ3) is 3.34. The second-order valence-electron chi connectivity index (χ2n) is 8.25. The molecule has 1 aliphatic heterocycles. The zero-order chi connectivity index (χ0) is 23.1. The lowest BCUT2D eigenvalue weighted by Crippen LogP contribution is -2.31. The van der Waals surface area contributed by atoms with Gasteiger partial charge in [-0.3, -0.25) is 18.7 Å². The van der Waals surface area contributed by atoms with Gasteiger partial charge in [0, 0.05) is 31.6 Å². The highest BCUT2D eigenvalue weighted by Crippen LogP contribution is 2.25. The molecule has 1 saturated heterocycles. The third-order valence-electron chi connectivity index (χ3n) is 6.23. The van der Waals surface area contributed by atoms with E-state index >= 15 is 0 Å². The molecule has 0 bridgehead atoms. The summed E-state index contributed by atoms with van der Waals surface area (Å²) in [6.45, 7) is 1.61. The largest absolute Gasteiger partial charge is 0.381 e. The first kappa shape index (κ1) is 20.3. The predicted octanol–water partition coefficient (Wildman–Crippen LogP) is 2.60. The van der Waals surface area contributed by atoms with E-state index in [-0.39, 0.29) is 11.7 Å². The highest BCUT2D eigenvalue weighted by Gasteiger charge is 2.25. The van der Waals surface area contributed by atoms with Gasteiger partial charge in [0.05, 0.1) is 35.4 Å². The number of ether oxygens (including phenoxy) is 1. The molecule has 0 unspecified atom stereocenters. The van der Waals surface area contributed by atoms with Crippen molar-refractivity contribution in [3.05, 3.63) is 76.9 Å². The van der Waals surface area contributed by atoms with Crippen molar-refractivity contribution in [3.63, 3.8) is 0 Å². The number of hydrogen-bond donors (Lipinski definition) is 0. The molecule has 1 fully saturated rings. The Morgan fingerprint density at radius 2 is 1.91 bits per heavy atom. The number of imidazole rings is 2. The van der Waals surface area contributed by atoms with Crippen LogP contribution in [0.15, 0.2) is 60.0 Å². The molecule has 0 atom stereocenters. The van der Waals surface area contributed by atoms with Gasteiger partial charge in [0.15, 0.2) is 5.65 Å². The molecular formula is C24H20N8O2. The molecule has 10 nitrogen and oxygen atoms in total. The minimum atomic E-state index is -0.118. The normalized spacial score (nSPS) is 14.6. The second kappa shape index (κ2) is 8.20. The van der Waals surface area contributed by atoms with Crippen LogP contribution in [0.1, 0.15) is 30.0 Å². The summed E-state index contributed by atoms with van der Waals surface area (Å²) < 4.78 is 10.8. The SMILES string of the molecule is N#Cc1ccc2ncn(-c3ncc4c(n3)n(C3CCOCC3)c(=O)n4Cc3ccncc3)c2c1. The Labute approximate surface area is 193 Å². The van der Waals surface area contributed by atoms with Gasteiger partial charge in [-0.25, -0.2) is 14.8 Å². The number of benzene rings is 1. The van der Waals surface area contributed by atoms with Crippen molar-refractivity contribution >= 4 is 22.2 Å². The van der Waals surface area contributed by atoms with Crippen LogP contribution in [0.5, 0.6) is 0 Å². The van der Waals surface area contributed by atoms with E-state index in [0.29, 0.717) is 42.4 Å². The van der Waals surface area contributed by atoms with E-state index in [0.717, 1.165) is 29.4 Å². The van der Waals surface area contributed by atoms with Crippen molar-refractivity contribution in [2.75, 3.05) is 13.2 Å². The summed E-state index contributed by atoms with van der Waals surface area (Å²) in [6.07, 6.45) is 8.24. The lowest BCUT2D eigenvalue weighted by Gasteiger charge is -2.22. The molecule has 10 heteroatoms. The van der Waals surface area contributed by atoms with Crippen LogP contribution >= 0.6 is 0 Å².